The van der Waals surface area contributed by atoms with Crippen LogP contribution in [0.1, 0.15) is 37.8 Å². The van der Waals surface area contributed by atoms with E-state index in [1.54, 1.807) is 0 Å². The van der Waals surface area contributed by atoms with Crippen molar-refractivity contribution in [2.75, 3.05) is 12.3 Å². The Balaban J connectivity index is 1.92. The van der Waals surface area contributed by atoms with Crippen molar-refractivity contribution in [1.82, 2.24) is 10.6 Å². The Bertz CT molecular complexity index is 407. The lowest BCUT2D eigenvalue weighted by molar-refractivity contribution is 0.600. The van der Waals surface area contributed by atoms with Gasteiger partial charge in [0.25, 0.3) is 0 Å². The molecule has 2 N–H and O–H groups in total. The summed E-state index contributed by atoms with van der Waals surface area (Å²) in [5, 5.41) is 7.50. The summed E-state index contributed by atoms with van der Waals surface area (Å²) in [6.07, 6.45) is 3.49. The number of hydrogen-bond donors (Lipinski definition) is 2. The lowest BCUT2D eigenvalue weighted by atomic mass is 10.0. The number of fused-ring (bicyclic) bond motifs is 1. The smallest absolute Gasteiger partial charge is 0.166 e. The number of hydrogen-bond acceptors (Lipinski definition) is 2. The van der Waals surface area contributed by atoms with Crippen molar-refractivity contribution in [3.63, 3.8) is 0 Å². The highest BCUT2D eigenvalue weighted by atomic mass is 32.2. The summed E-state index contributed by atoms with van der Waals surface area (Å²) >= 11 is 7.29. The molecule has 0 aromatic heterocycles. The summed E-state index contributed by atoms with van der Waals surface area (Å²) in [7, 11) is 0. The molecule has 2 nitrogen and oxygen atoms in total. The lowest BCUT2D eigenvalue weighted by Crippen LogP contribution is -2.39. The molecule has 1 atom stereocenters. The molecule has 1 aromatic carbocycles. The Kier molecular flexibility index (Phi) is 5.32. The van der Waals surface area contributed by atoms with Crippen molar-refractivity contribution >= 4 is 29.1 Å². The normalized spacial score (nSPS) is 17.9. The highest BCUT2D eigenvalue weighted by Crippen LogP contribution is 2.35. The maximum absolute atomic E-state index is 5.35. The van der Waals surface area contributed by atoms with Gasteiger partial charge in [0, 0.05) is 17.2 Å². The molecule has 1 aliphatic rings. The van der Waals surface area contributed by atoms with E-state index < -0.39 is 0 Å². The fourth-order valence-corrected chi connectivity index (χ4v) is 3.45. The molecule has 1 heterocycles. The van der Waals surface area contributed by atoms with Crippen LogP contribution in [0.2, 0.25) is 0 Å². The van der Waals surface area contributed by atoms with Gasteiger partial charge in [0.1, 0.15) is 0 Å². The lowest BCUT2D eigenvalue weighted by Gasteiger charge is -2.27. The number of thiocarbonyl (C=S) groups is 1. The molecule has 1 aliphatic heterocycles. The molecule has 0 bridgehead atoms. The monoisotopic (exact) mass is 280 g/mol. The molecule has 98 valence electrons. The van der Waals surface area contributed by atoms with Crippen molar-refractivity contribution in [1.29, 1.82) is 0 Å². The van der Waals surface area contributed by atoms with Gasteiger partial charge in [0.2, 0.25) is 0 Å². The van der Waals surface area contributed by atoms with Crippen molar-refractivity contribution in [2.24, 2.45) is 0 Å². The Labute approximate surface area is 119 Å². The number of nitrogens with one attached hydrogen (secondary N) is 2. The molecule has 2 rings (SSSR count). The Morgan fingerprint density at radius 1 is 1.44 bits per heavy atom. The van der Waals surface area contributed by atoms with Crippen LogP contribution in [-0.4, -0.2) is 17.4 Å². The maximum atomic E-state index is 5.35. The minimum atomic E-state index is 0.365. The zero-order valence-corrected chi connectivity index (χ0v) is 12.4. The van der Waals surface area contributed by atoms with Crippen LogP contribution in [0.15, 0.2) is 29.2 Å². The summed E-state index contributed by atoms with van der Waals surface area (Å²) in [5.41, 5.74) is 1.38. The third kappa shape index (κ3) is 3.62. The molecule has 0 amide bonds. The molecule has 1 aromatic rings. The third-order valence-electron chi connectivity index (χ3n) is 3.08. The van der Waals surface area contributed by atoms with Gasteiger partial charge >= 0.3 is 0 Å². The van der Waals surface area contributed by atoms with E-state index in [1.165, 1.54) is 23.3 Å². The second-order valence-corrected chi connectivity index (χ2v) is 6.03. The Morgan fingerprint density at radius 2 is 2.28 bits per heavy atom. The summed E-state index contributed by atoms with van der Waals surface area (Å²) in [4.78, 5) is 1.39. The largest absolute Gasteiger partial charge is 0.363 e. The molecule has 4 heteroatoms. The van der Waals surface area contributed by atoms with E-state index >= 15 is 0 Å². The van der Waals surface area contributed by atoms with Gasteiger partial charge < -0.3 is 10.6 Å². The average Bonchev–Trinajstić information content (AvgIpc) is 2.39. The molecule has 0 fully saturated rings. The van der Waals surface area contributed by atoms with Gasteiger partial charge in [-0.25, -0.2) is 0 Å². The maximum Gasteiger partial charge on any atom is 0.166 e. The summed E-state index contributed by atoms with van der Waals surface area (Å²) in [6, 6.07) is 8.97. The zero-order valence-electron chi connectivity index (χ0n) is 10.7. The van der Waals surface area contributed by atoms with E-state index in [1.807, 2.05) is 11.8 Å². The molecular formula is C14H20N2S2. The van der Waals surface area contributed by atoms with Crippen LogP contribution in [0.3, 0.4) is 0 Å². The second-order valence-electron chi connectivity index (χ2n) is 4.48. The standard InChI is InChI=1S/C14H20N2S2/c1-2-3-9-15-14(17)16-12-8-10-18-13-7-5-4-6-11(12)13/h4-7,12H,2-3,8-10H2,1H3,(H2,15,16,17)/t12-/m0/s1. The Morgan fingerprint density at radius 3 is 3.11 bits per heavy atom. The number of unbranched alkanes of at least 4 members (excludes halogenated alkanes) is 1. The summed E-state index contributed by atoms with van der Waals surface area (Å²) in [6.45, 7) is 3.15. The van der Waals surface area contributed by atoms with Crippen LogP contribution in [0.25, 0.3) is 0 Å². The SMILES string of the molecule is CCCCNC(=S)N[C@H]1CCSc2ccccc21. The van der Waals surface area contributed by atoms with Crippen molar-refractivity contribution in [3.05, 3.63) is 29.8 Å². The predicted molar refractivity (Wildman–Crippen MR) is 83.2 cm³/mol. The van der Waals surface area contributed by atoms with Crippen molar-refractivity contribution in [3.8, 4) is 0 Å². The van der Waals surface area contributed by atoms with Gasteiger partial charge in [-0.05, 0) is 36.7 Å². The van der Waals surface area contributed by atoms with E-state index in [0.29, 0.717) is 6.04 Å². The molecule has 0 unspecified atom stereocenters. The van der Waals surface area contributed by atoms with E-state index in [0.717, 1.165) is 23.8 Å². The van der Waals surface area contributed by atoms with E-state index in [2.05, 4.69) is 41.8 Å². The van der Waals surface area contributed by atoms with Gasteiger partial charge in [-0.2, -0.15) is 0 Å². The number of thioether (sulfide) groups is 1. The molecule has 18 heavy (non-hydrogen) atoms. The fourth-order valence-electron chi connectivity index (χ4n) is 2.08. The quantitative estimate of drug-likeness (QED) is 0.651. The van der Waals surface area contributed by atoms with Crippen LogP contribution in [0.4, 0.5) is 0 Å². The first-order chi connectivity index (χ1) is 8.81. The van der Waals surface area contributed by atoms with E-state index in [-0.39, 0.29) is 0 Å². The van der Waals surface area contributed by atoms with Gasteiger partial charge in [0.05, 0.1) is 6.04 Å². The highest BCUT2D eigenvalue weighted by molar-refractivity contribution is 7.99. The zero-order chi connectivity index (χ0) is 12.8. The summed E-state index contributed by atoms with van der Waals surface area (Å²) in [5.74, 6) is 1.16. The fraction of sp³-hybridized carbons (Fsp3) is 0.500. The van der Waals surface area contributed by atoms with Gasteiger partial charge in [0.15, 0.2) is 5.11 Å². The van der Waals surface area contributed by atoms with Crippen LogP contribution < -0.4 is 10.6 Å². The van der Waals surface area contributed by atoms with Crippen molar-refractivity contribution in [2.45, 2.75) is 37.1 Å². The minimum Gasteiger partial charge on any atom is -0.363 e. The third-order valence-corrected chi connectivity index (χ3v) is 4.46. The van der Waals surface area contributed by atoms with Gasteiger partial charge in [-0.3, -0.25) is 0 Å². The van der Waals surface area contributed by atoms with Crippen LogP contribution in [-0.2, 0) is 0 Å². The van der Waals surface area contributed by atoms with Crippen LogP contribution >= 0.6 is 24.0 Å². The number of benzene rings is 1. The van der Waals surface area contributed by atoms with Crippen molar-refractivity contribution < 1.29 is 0 Å². The average molecular weight is 280 g/mol. The molecular weight excluding hydrogens is 260 g/mol. The minimum absolute atomic E-state index is 0.365. The summed E-state index contributed by atoms with van der Waals surface area (Å²) < 4.78 is 0. The Hall–Kier alpha value is -0.740. The van der Waals surface area contributed by atoms with Crippen LogP contribution in [0, 0.1) is 0 Å². The van der Waals surface area contributed by atoms with E-state index in [4.69, 9.17) is 12.2 Å². The van der Waals surface area contributed by atoms with Crippen LogP contribution in [0.5, 0.6) is 0 Å². The predicted octanol–water partition coefficient (Wildman–Crippen LogP) is 3.49. The number of rotatable bonds is 4. The molecule has 0 spiro atoms. The first-order valence-electron chi connectivity index (χ1n) is 6.57. The molecule has 0 radical (unpaired) electrons. The molecule has 0 aliphatic carbocycles. The van der Waals surface area contributed by atoms with Gasteiger partial charge in [-0.1, -0.05) is 31.5 Å². The van der Waals surface area contributed by atoms with Gasteiger partial charge in [-0.15, -0.1) is 11.8 Å². The molecule has 0 saturated carbocycles. The second kappa shape index (κ2) is 7.00. The topological polar surface area (TPSA) is 24.1 Å². The first kappa shape index (κ1) is 13.7. The molecule has 0 saturated heterocycles. The van der Waals surface area contributed by atoms with E-state index in [9.17, 15) is 0 Å². The highest BCUT2D eigenvalue weighted by Gasteiger charge is 2.20. The first-order valence-corrected chi connectivity index (χ1v) is 7.96.